The van der Waals surface area contributed by atoms with Gasteiger partial charge in [-0.15, -0.1) is 0 Å². The highest BCUT2D eigenvalue weighted by atomic mass is 35.5. The van der Waals surface area contributed by atoms with Gasteiger partial charge in [0, 0.05) is 11.6 Å². The van der Waals surface area contributed by atoms with Crippen LogP contribution in [0, 0.1) is 11.3 Å². The fourth-order valence-electron chi connectivity index (χ4n) is 2.91. The summed E-state index contributed by atoms with van der Waals surface area (Å²) in [4.78, 5) is 0. The Bertz CT molecular complexity index is 943. The van der Waals surface area contributed by atoms with Crippen LogP contribution in [-0.2, 0) is 13.1 Å². The van der Waals surface area contributed by atoms with Gasteiger partial charge in [0.25, 0.3) is 0 Å². The van der Waals surface area contributed by atoms with Crippen molar-refractivity contribution in [3.8, 4) is 5.75 Å². The van der Waals surface area contributed by atoms with Crippen LogP contribution in [0.4, 0.5) is 0 Å². The average Bonchev–Trinajstić information content (AvgIpc) is 2.82. The van der Waals surface area contributed by atoms with Gasteiger partial charge in [0.1, 0.15) is 12.4 Å². The highest BCUT2D eigenvalue weighted by molar-refractivity contribution is 6.35. The highest BCUT2D eigenvalue weighted by Gasteiger charge is 2.11. The molecule has 0 aliphatic rings. The standard InChI is InChI=1S/C19H21Cl2N3O/c1-13(2)12-24-17-6-4-3-5-16(17)23(19(24)22)9-10-25-18-8-7-14(20)11-15(18)21/h3-8,11,13,22H,9-10,12H2,1-2H3. The zero-order valence-electron chi connectivity index (χ0n) is 14.3. The molecule has 1 aromatic heterocycles. The molecule has 0 saturated heterocycles. The SMILES string of the molecule is CC(C)Cn1c(=N)n(CCOc2ccc(Cl)cc2Cl)c2ccccc21. The molecule has 4 nitrogen and oxygen atoms in total. The predicted octanol–water partition coefficient (Wildman–Crippen LogP) is 4.96. The van der Waals surface area contributed by atoms with E-state index in [0.29, 0.717) is 40.5 Å². The quantitative estimate of drug-likeness (QED) is 0.647. The number of ether oxygens (including phenoxy) is 1. The van der Waals surface area contributed by atoms with E-state index in [1.165, 1.54) is 0 Å². The number of aromatic nitrogens is 2. The number of fused-ring (bicyclic) bond motifs is 1. The number of para-hydroxylation sites is 2. The Hall–Kier alpha value is -1.91. The lowest BCUT2D eigenvalue weighted by Crippen LogP contribution is -2.27. The van der Waals surface area contributed by atoms with E-state index in [1.54, 1.807) is 18.2 Å². The van der Waals surface area contributed by atoms with Crippen molar-refractivity contribution in [2.75, 3.05) is 6.61 Å². The molecule has 6 heteroatoms. The molecule has 0 atom stereocenters. The molecule has 0 aliphatic carbocycles. The lowest BCUT2D eigenvalue weighted by atomic mass is 10.2. The summed E-state index contributed by atoms with van der Waals surface area (Å²) in [7, 11) is 0. The summed E-state index contributed by atoms with van der Waals surface area (Å²) in [5.41, 5.74) is 2.60. The van der Waals surface area contributed by atoms with Gasteiger partial charge in [-0.25, -0.2) is 0 Å². The molecule has 0 saturated carbocycles. The minimum Gasteiger partial charge on any atom is -0.490 e. The largest absolute Gasteiger partial charge is 0.490 e. The van der Waals surface area contributed by atoms with E-state index < -0.39 is 0 Å². The van der Waals surface area contributed by atoms with Crippen molar-refractivity contribution in [2.24, 2.45) is 5.92 Å². The highest BCUT2D eigenvalue weighted by Crippen LogP contribution is 2.27. The molecule has 132 valence electrons. The summed E-state index contributed by atoms with van der Waals surface area (Å²) >= 11 is 12.0. The zero-order valence-corrected chi connectivity index (χ0v) is 15.8. The third kappa shape index (κ3) is 3.86. The van der Waals surface area contributed by atoms with Crippen LogP contribution >= 0.6 is 23.2 Å². The van der Waals surface area contributed by atoms with Crippen molar-refractivity contribution in [2.45, 2.75) is 26.9 Å². The van der Waals surface area contributed by atoms with Crippen LogP contribution in [0.2, 0.25) is 10.0 Å². The normalized spacial score (nSPS) is 11.4. The predicted molar refractivity (Wildman–Crippen MR) is 103 cm³/mol. The van der Waals surface area contributed by atoms with Crippen molar-refractivity contribution in [1.29, 1.82) is 5.41 Å². The number of hydrogen-bond donors (Lipinski definition) is 1. The van der Waals surface area contributed by atoms with E-state index in [2.05, 4.69) is 24.5 Å². The summed E-state index contributed by atoms with van der Waals surface area (Å²) in [6.45, 7) is 6.13. The summed E-state index contributed by atoms with van der Waals surface area (Å²) in [5.74, 6) is 1.07. The first-order valence-corrected chi connectivity index (χ1v) is 9.03. The number of halogens is 2. The maximum Gasteiger partial charge on any atom is 0.203 e. The summed E-state index contributed by atoms with van der Waals surface area (Å²) in [6, 6.07) is 13.3. The van der Waals surface area contributed by atoms with Gasteiger partial charge in [-0.05, 0) is 36.2 Å². The van der Waals surface area contributed by atoms with Gasteiger partial charge < -0.3 is 13.9 Å². The Morgan fingerprint density at radius 3 is 2.36 bits per heavy atom. The zero-order chi connectivity index (χ0) is 18.0. The van der Waals surface area contributed by atoms with Gasteiger partial charge in [-0.2, -0.15) is 0 Å². The molecule has 25 heavy (non-hydrogen) atoms. The van der Waals surface area contributed by atoms with Gasteiger partial charge in [0.15, 0.2) is 0 Å². The molecule has 0 unspecified atom stereocenters. The smallest absolute Gasteiger partial charge is 0.203 e. The maximum absolute atomic E-state index is 8.55. The van der Waals surface area contributed by atoms with Gasteiger partial charge in [-0.3, -0.25) is 5.41 Å². The first-order chi connectivity index (χ1) is 12.0. The fourth-order valence-corrected chi connectivity index (χ4v) is 3.37. The van der Waals surface area contributed by atoms with E-state index in [4.69, 9.17) is 33.3 Å². The van der Waals surface area contributed by atoms with E-state index in [0.717, 1.165) is 17.6 Å². The van der Waals surface area contributed by atoms with Crippen molar-refractivity contribution in [3.63, 3.8) is 0 Å². The molecule has 0 spiro atoms. The third-order valence-electron chi connectivity index (χ3n) is 3.99. The Balaban J connectivity index is 1.84. The minimum absolute atomic E-state index is 0.424. The molecule has 1 N–H and O–H groups in total. The molecule has 0 bridgehead atoms. The molecule has 0 radical (unpaired) electrons. The number of imidazole rings is 1. The van der Waals surface area contributed by atoms with Crippen LogP contribution in [0.5, 0.6) is 5.75 Å². The maximum atomic E-state index is 8.55. The van der Waals surface area contributed by atoms with E-state index in [1.807, 2.05) is 22.8 Å². The van der Waals surface area contributed by atoms with Crippen molar-refractivity contribution in [3.05, 3.63) is 58.1 Å². The van der Waals surface area contributed by atoms with Crippen LogP contribution in [0.25, 0.3) is 11.0 Å². The van der Waals surface area contributed by atoms with Crippen LogP contribution in [0.1, 0.15) is 13.8 Å². The first kappa shape index (κ1) is 17.9. The number of benzene rings is 2. The Morgan fingerprint density at radius 2 is 1.72 bits per heavy atom. The minimum atomic E-state index is 0.424. The lowest BCUT2D eigenvalue weighted by molar-refractivity contribution is 0.296. The van der Waals surface area contributed by atoms with Crippen LogP contribution in [0.15, 0.2) is 42.5 Å². The fraction of sp³-hybridized carbons (Fsp3) is 0.316. The Kier molecular flexibility index (Phi) is 5.40. The van der Waals surface area contributed by atoms with E-state index >= 15 is 0 Å². The molecular formula is C19H21Cl2N3O. The molecule has 1 heterocycles. The molecule has 2 aromatic carbocycles. The second kappa shape index (κ2) is 7.54. The third-order valence-corrected chi connectivity index (χ3v) is 4.52. The number of hydrogen-bond acceptors (Lipinski definition) is 2. The second-order valence-electron chi connectivity index (χ2n) is 6.39. The molecular weight excluding hydrogens is 357 g/mol. The Morgan fingerprint density at radius 1 is 1.04 bits per heavy atom. The van der Waals surface area contributed by atoms with Crippen molar-refractivity contribution >= 4 is 34.2 Å². The summed E-state index contributed by atoms with van der Waals surface area (Å²) < 4.78 is 9.81. The number of rotatable bonds is 6. The van der Waals surface area contributed by atoms with Gasteiger partial charge in [-0.1, -0.05) is 49.2 Å². The summed E-state index contributed by atoms with van der Waals surface area (Å²) in [5, 5.41) is 9.62. The molecule has 3 rings (SSSR count). The number of nitrogens with zero attached hydrogens (tertiary/aromatic N) is 2. The van der Waals surface area contributed by atoms with E-state index in [9.17, 15) is 0 Å². The van der Waals surface area contributed by atoms with Crippen molar-refractivity contribution < 1.29 is 4.74 Å². The van der Waals surface area contributed by atoms with Crippen LogP contribution < -0.4 is 10.4 Å². The Labute approximate surface area is 157 Å². The van der Waals surface area contributed by atoms with Crippen LogP contribution in [0.3, 0.4) is 0 Å². The monoisotopic (exact) mass is 377 g/mol. The van der Waals surface area contributed by atoms with E-state index in [-0.39, 0.29) is 0 Å². The van der Waals surface area contributed by atoms with Crippen LogP contribution in [-0.4, -0.2) is 15.7 Å². The first-order valence-electron chi connectivity index (χ1n) is 8.28. The molecule has 3 aromatic rings. The molecule has 0 amide bonds. The summed E-state index contributed by atoms with van der Waals surface area (Å²) in [6.07, 6.45) is 0. The van der Waals surface area contributed by atoms with Gasteiger partial charge in [0.05, 0.1) is 22.6 Å². The topological polar surface area (TPSA) is 42.9 Å². The lowest BCUT2D eigenvalue weighted by Gasteiger charge is -2.10. The van der Waals surface area contributed by atoms with Gasteiger partial charge in [0.2, 0.25) is 5.62 Å². The van der Waals surface area contributed by atoms with Gasteiger partial charge >= 0.3 is 0 Å². The second-order valence-corrected chi connectivity index (χ2v) is 7.24. The molecule has 0 aliphatic heterocycles. The molecule has 0 fully saturated rings. The number of nitrogens with one attached hydrogen (secondary N) is 1. The average molecular weight is 378 g/mol. The van der Waals surface area contributed by atoms with Crippen molar-refractivity contribution in [1.82, 2.24) is 9.13 Å².